The maximum Gasteiger partial charge on any atom is 0.0673 e. The summed E-state index contributed by atoms with van der Waals surface area (Å²) in [7, 11) is 0. The lowest BCUT2D eigenvalue weighted by Gasteiger charge is -2.36. The van der Waals surface area contributed by atoms with Crippen LogP contribution in [-0.2, 0) is 17.3 Å². The van der Waals surface area contributed by atoms with Crippen LogP contribution in [0.1, 0.15) is 121 Å². The molecule has 0 fully saturated rings. The van der Waals surface area contributed by atoms with Gasteiger partial charge in [-0.25, -0.2) is 0 Å². The number of fused-ring (bicyclic) bond motifs is 5. The Morgan fingerprint density at radius 2 is 1.55 bits per heavy atom. The van der Waals surface area contributed by atoms with Crippen LogP contribution in [0.25, 0.3) is 11.1 Å². The van der Waals surface area contributed by atoms with E-state index in [2.05, 4.69) is 266 Å². The molecule has 0 amide bonds. The van der Waals surface area contributed by atoms with Gasteiger partial charge in [0.05, 0.1) is 11.2 Å². The Labute approximate surface area is 447 Å². The molecule has 0 saturated heterocycles. The fraction of sp³-hybridized carbons (Fsp3) is 0.233. The van der Waals surface area contributed by atoms with Gasteiger partial charge >= 0.3 is 0 Å². The van der Waals surface area contributed by atoms with Gasteiger partial charge in [0.15, 0.2) is 0 Å². The number of allylic oxidation sites excluding steroid dienone is 24. The SMILES string of the molecule is C#CCSc1cc2c(cc1C)C(=C\C)/C=C\C=C/C2.Cc1ccc2c(c1)C(C)(C)C(=C/C1=CCC3C(=C1)C(c1ccccc1)(c1ccccc1)c1ccccc13)/C2=C\C=C\CC1=CCC(C)(C2=CC=CCC2)C=C1. The Balaban J connectivity index is 0.000000278. The van der Waals surface area contributed by atoms with Crippen molar-refractivity contribution in [1.29, 1.82) is 0 Å². The standard InChI is InChI=1S/C55H52.C18H18S/c1-39-28-30-47-46(26-15-14-18-40-32-34-54(4,35-33-40)42-19-8-5-9-20-42)51(53(2,3)50(47)36-39)37-41-29-31-48-45-25-16-17-27-49(45)55(52(48)38-41,43-21-10-6-11-22-43)44-23-12-7-13-24-44;1-4-11-19-18-13-16-10-8-6-7-9-15(5-2)17(16)12-14(18)3/h5-8,10-17,19,21-30,32-34,36-38,48H,9,18,20,31,35H2,1-4H3;1,5-9,12-13H,10-11H2,2-3H3/b15-14+,46-26-,51-37+;8-6-,9-7-,15-5-. The Kier molecular flexibility index (Phi) is 14.8. The van der Waals surface area contributed by atoms with E-state index < -0.39 is 0 Å². The second-order valence-electron chi connectivity index (χ2n) is 21.5. The van der Waals surface area contributed by atoms with Crippen LogP contribution in [0.2, 0.25) is 0 Å². The molecule has 6 aliphatic carbocycles. The van der Waals surface area contributed by atoms with Gasteiger partial charge in [-0.3, -0.25) is 0 Å². The van der Waals surface area contributed by atoms with E-state index in [1.807, 2.05) is 0 Å². The van der Waals surface area contributed by atoms with E-state index in [0.29, 0.717) is 5.92 Å². The van der Waals surface area contributed by atoms with Crippen molar-refractivity contribution in [3.8, 4) is 12.3 Å². The molecule has 0 heterocycles. The van der Waals surface area contributed by atoms with E-state index in [9.17, 15) is 0 Å². The zero-order valence-electron chi connectivity index (χ0n) is 44.3. The average molecular weight is 979 g/mol. The summed E-state index contributed by atoms with van der Waals surface area (Å²) in [5.74, 6) is 3.76. The van der Waals surface area contributed by atoms with Crippen molar-refractivity contribution >= 4 is 22.9 Å². The van der Waals surface area contributed by atoms with Crippen molar-refractivity contribution in [2.75, 3.05) is 5.75 Å². The van der Waals surface area contributed by atoms with Gasteiger partial charge in [-0.2, -0.15) is 0 Å². The smallest absolute Gasteiger partial charge is 0.0673 e. The summed E-state index contributed by atoms with van der Waals surface area (Å²) >= 11 is 1.74. The molecule has 0 N–H and O–H groups in total. The molecule has 2 unspecified atom stereocenters. The highest BCUT2D eigenvalue weighted by Gasteiger charge is 2.50. The zero-order chi connectivity index (χ0) is 51.3. The molecule has 0 radical (unpaired) electrons. The van der Waals surface area contributed by atoms with Crippen molar-refractivity contribution in [3.05, 3.63) is 302 Å². The molecule has 1 heteroatoms. The predicted molar refractivity (Wildman–Crippen MR) is 320 cm³/mol. The molecule has 5 aromatic carbocycles. The van der Waals surface area contributed by atoms with E-state index >= 15 is 0 Å². The van der Waals surface area contributed by atoms with Gasteiger partial charge in [0.1, 0.15) is 0 Å². The Hall–Kier alpha value is -7.11. The summed E-state index contributed by atoms with van der Waals surface area (Å²) in [6.45, 7) is 13.7. The molecule has 2 atom stereocenters. The van der Waals surface area contributed by atoms with E-state index in [1.165, 1.54) is 100 Å². The third-order valence-corrected chi connectivity index (χ3v) is 17.5. The molecule has 5 aromatic rings. The molecule has 11 rings (SSSR count). The largest absolute Gasteiger partial charge is 0.119 e. The monoisotopic (exact) mass is 979 g/mol. The van der Waals surface area contributed by atoms with Crippen molar-refractivity contribution in [2.45, 2.75) is 102 Å². The van der Waals surface area contributed by atoms with Crippen LogP contribution in [0.3, 0.4) is 0 Å². The maximum atomic E-state index is 5.35. The molecule has 0 bridgehead atoms. The van der Waals surface area contributed by atoms with Gasteiger partial charge in [-0.1, -0.05) is 250 Å². The summed E-state index contributed by atoms with van der Waals surface area (Å²) in [5.41, 5.74) is 23.1. The van der Waals surface area contributed by atoms with E-state index in [-0.39, 0.29) is 16.2 Å². The number of thioether (sulfide) groups is 1. The summed E-state index contributed by atoms with van der Waals surface area (Å²) in [6, 6.07) is 43.2. The number of terminal acetylenes is 1. The number of rotatable bonds is 9. The van der Waals surface area contributed by atoms with Crippen LogP contribution >= 0.6 is 11.8 Å². The normalized spacial score (nSPS) is 23.2. The van der Waals surface area contributed by atoms with Gasteiger partial charge in [-0.15, -0.1) is 18.2 Å². The molecule has 0 spiro atoms. The van der Waals surface area contributed by atoms with E-state index in [4.69, 9.17) is 6.42 Å². The van der Waals surface area contributed by atoms with Crippen LogP contribution < -0.4 is 0 Å². The van der Waals surface area contributed by atoms with Gasteiger partial charge in [0.2, 0.25) is 0 Å². The Morgan fingerprint density at radius 1 is 0.784 bits per heavy atom. The lowest BCUT2D eigenvalue weighted by atomic mass is 9.65. The third kappa shape index (κ3) is 9.74. The molecule has 74 heavy (non-hydrogen) atoms. The minimum absolute atomic E-state index is 0.131. The van der Waals surface area contributed by atoms with Gasteiger partial charge < -0.3 is 0 Å². The zero-order valence-corrected chi connectivity index (χ0v) is 45.1. The number of hydrogen-bond acceptors (Lipinski definition) is 1. The van der Waals surface area contributed by atoms with Crippen LogP contribution in [-0.4, -0.2) is 5.75 Å². The first-order valence-electron chi connectivity index (χ1n) is 26.8. The number of benzene rings is 5. The highest BCUT2D eigenvalue weighted by molar-refractivity contribution is 7.99. The van der Waals surface area contributed by atoms with Crippen molar-refractivity contribution in [1.82, 2.24) is 0 Å². The van der Waals surface area contributed by atoms with E-state index in [0.717, 1.165) is 37.9 Å². The quantitative estimate of drug-likeness (QED) is 0.105. The van der Waals surface area contributed by atoms with Gasteiger partial charge in [-0.05, 0) is 149 Å². The van der Waals surface area contributed by atoms with Gasteiger partial charge in [0, 0.05) is 21.6 Å². The summed E-state index contributed by atoms with van der Waals surface area (Å²) in [5, 5.41) is 0. The minimum Gasteiger partial charge on any atom is -0.119 e. The molecular formula is C73H70S. The molecule has 0 aliphatic heterocycles. The van der Waals surface area contributed by atoms with Crippen molar-refractivity contribution in [2.24, 2.45) is 5.41 Å². The molecular weight excluding hydrogens is 909 g/mol. The molecule has 0 saturated carbocycles. The lowest BCUT2D eigenvalue weighted by molar-refractivity contribution is 0.492. The van der Waals surface area contributed by atoms with Crippen molar-refractivity contribution < 1.29 is 0 Å². The fourth-order valence-electron chi connectivity index (χ4n) is 12.4. The second-order valence-corrected chi connectivity index (χ2v) is 22.5. The highest BCUT2D eigenvalue weighted by atomic mass is 32.2. The summed E-state index contributed by atoms with van der Waals surface area (Å²) in [6.07, 6.45) is 51.1. The number of hydrogen-bond donors (Lipinski definition) is 0. The topological polar surface area (TPSA) is 0 Å². The third-order valence-electron chi connectivity index (χ3n) is 16.4. The number of aryl methyl sites for hydroxylation is 2. The van der Waals surface area contributed by atoms with Crippen LogP contribution in [0.15, 0.2) is 251 Å². The first-order valence-corrected chi connectivity index (χ1v) is 27.8. The van der Waals surface area contributed by atoms with Crippen molar-refractivity contribution in [3.63, 3.8) is 0 Å². The highest BCUT2D eigenvalue weighted by Crippen LogP contribution is 2.60. The fourth-order valence-corrected chi connectivity index (χ4v) is 13.2. The predicted octanol–water partition coefficient (Wildman–Crippen LogP) is 18.9. The Morgan fingerprint density at radius 3 is 2.27 bits per heavy atom. The minimum atomic E-state index is -0.349. The Bertz CT molecular complexity index is 3350. The van der Waals surface area contributed by atoms with Gasteiger partial charge in [0.25, 0.3) is 0 Å². The second kappa shape index (κ2) is 21.8. The van der Waals surface area contributed by atoms with Crippen LogP contribution in [0, 0.1) is 31.6 Å². The molecule has 368 valence electrons. The summed E-state index contributed by atoms with van der Waals surface area (Å²) in [4.78, 5) is 1.30. The van der Waals surface area contributed by atoms with E-state index in [1.54, 1.807) is 17.3 Å². The lowest BCUT2D eigenvalue weighted by Crippen LogP contribution is -2.30. The first-order chi connectivity index (χ1) is 36.0. The molecule has 0 aromatic heterocycles. The first kappa shape index (κ1) is 50.4. The molecule has 0 nitrogen and oxygen atoms in total. The van der Waals surface area contributed by atoms with Crippen LogP contribution in [0.4, 0.5) is 0 Å². The summed E-state index contributed by atoms with van der Waals surface area (Å²) < 4.78 is 0. The average Bonchev–Trinajstić information content (AvgIpc) is 3.83. The molecule has 6 aliphatic rings. The maximum absolute atomic E-state index is 5.35. The van der Waals surface area contributed by atoms with Crippen LogP contribution in [0.5, 0.6) is 0 Å².